The van der Waals surface area contributed by atoms with E-state index < -0.39 is 0 Å². The number of carbonyl (C=O) groups excluding carboxylic acids is 1. The van der Waals surface area contributed by atoms with Crippen LogP contribution >= 0.6 is 0 Å². The summed E-state index contributed by atoms with van der Waals surface area (Å²) < 4.78 is 22.1. The van der Waals surface area contributed by atoms with Crippen molar-refractivity contribution in [2.45, 2.75) is 6.92 Å². The molecule has 1 aliphatic carbocycles. The number of oxime groups is 1. The van der Waals surface area contributed by atoms with Crippen LogP contribution in [0.5, 0.6) is 17.2 Å². The molecule has 0 radical (unpaired) electrons. The van der Waals surface area contributed by atoms with Crippen molar-refractivity contribution >= 4 is 28.0 Å². The van der Waals surface area contributed by atoms with Gasteiger partial charge in [0.2, 0.25) is 6.79 Å². The Morgan fingerprint density at radius 1 is 1.00 bits per heavy atom. The van der Waals surface area contributed by atoms with Crippen LogP contribution in [0.25, 0.3) is 16.5 Å². The van der Waals surface area contributed by atoms with Gasteiger partial charge in [0.25, 0.3) is 0 Å². The maximum Gasteiger partial charge on any atom is 0.231 e. The van der Waals surface area contributed by atoms with E-state index in [1.54, 1.807) is 31.4 Å². The molecule has 0 N–H and O–H groups in total. The number of benzene rings is 2. The lowest BCUT2D eigenvalue weighted by molar-refractivity contribution is 0.105. The molecule has 0 spiro atoms. The summed E-state index contributed by atoms with van der Waals surface area (Å²) >= 11 is 0. The molecule has 2 aromatic carbocycles. The summed E-state index contributed by atoms with van der Waals surface area (Å²) in [6.07, 6.45) is 1.72. The van der Waals surface area contributed by atoms with Crippen LogP contribution in [-0.2, 0) is 4.84 Å². The monoisotopic (exact) mass is 391 g/mol. The van der Waals surface area contributed by atoms with E-state index >= 15 is 0 Å². The number of furan rings is 1. The third-order valence-electron chi connectivity index (χ3n) is 5.03. The molecule has 0 fully saturated rings. The molecular formula is C22H17NO6. The molecule has 7 nitrogen and oxygen atoms in total. The highest BCUT2D eigenvalue weighted by atomic mass is 16.7. The molecule has 3 aromatic rings. The standard InChI is InChI=1S/C22H17NO6/c1-11-6-16-12(4-5-18(25-2)22(16)29-11)14-7-17(23-26-3)13-8-19-20(28-10-27-19)9-15(13)21(14)24/h4-9H,10H2,1-3H3/b23-17+. The Hall–Kier alpha value is -3.74. The molecule has 0 unspecified atom stereocenters. The Balaban J connectivity index is 1.74. The van der Waals surface area contributed by atoms with E-state index in [-0.39, 0.29) is 12.6 Å². The molecule has 0 saturated carbocycles. The number of carbonyl (C=O) groups is 1. The third kappa shape index (κ3) is 2.58. The van der Waals surface area contributed by atoms with Crippen molar-refractivity contribution in [2.24, 2.45) is 5.16 Å². The van der Waals surface area contributed by atoms with Gasteiger partial charge in [-0.25, -0.2) is 0 Å². The number of fused-ring (bicyclic) bond motifs is 3. The maximum absolute atomic E-state index is 13.4. The number of hydrogen-bond acceptors (Lipinski definition) is 7. The zero-order valence-electron chi connectivity index (χ0n) is 16.1. The van der Waals surface area contributed by atoms with Gasteiger partial charge in [0, 0.05) is 22.1 Å². The molecule has 0 atom stereocenters. The van der Waals surface area contributed by atoms with Crippen molar-refractivity contribution in [3.05, 3.63) is 58.9 Å². The minimum absolute atomic E-state index is 0.122. The molecule has 146 valence electrons. The quantitative estimate of drug-likeness (QED) is 0.625. The normalized spacial score (nSPS) is 16.2. The Morgan fingerprint density at radius 3 is 2.48 bits per heavy atom. The van der Waals surface area contributed by atoms with E-state index in [9.17, 15) is 4.79 Å². The number of ketones is 1. The smallest absolute Gasteiger partial charge is 0.231 e. The Kier molecular flexibility index (Phi) is 3.84. The Morgan fingerprint density at radius 2 is 1.76 bits per heavy atom. The fourth-order valence-corrected chi connectivity index (χ4v) is 3.76. The summed E-state index contributed by atoms with van der Waals surface area (Å²) in [5.74, 6) is 2.31. The lowest BCUT2D eigenvalue weighted by Crippen LogP contribution is -2.17. The average Bonchev–Trinajstić information content (AvgIpc) is 3.34. The van der Waals surface area contributed by atoms with Crippen LogP contribution < -0.4 is 14.2 Å². The van der Waals surface area contributed by atoms with Gasteiger partial charge in [-0.15, -0.1) is 0 Å². The number of allylic oxidation sites excluding steroid dienone is 2. The second kappa shape index (κ2) is 6.41. The summed E-state index contributed by atoms with van der Waals surface area (Å²) in [5.41, 5.74) is 3.46. The molecule has 2 heterocycles. The molecule has 0 amide bonds. The lowest BCUT2D eigenvalue weighted by Gasteiger charge is -2.18. The first kappa shape index (κ1) is 17.4. The van der Waals surface area contributed by atoms with Crippen LogP contribution in [0.15, 0.2) is 46.0 Å². The van der Waals surface area contributed by atoms with Crippen LogP contribution in [0.3, 0.4) is 0 Å². The number of hydrogen-bond donors (Lipinski definition) is 0. The van der Waals surface area contributed by atoms with E-state index in [4.69, 9.17) is 23.5 Å². The number of ether oxygens (including phenoxy) is 3. The predicted molar refractivity (Wildman–Crippen MR) is 106 cm³/mol. The van der Waals surface area contributed by atoms with Gasteiger partial charge in [-0.2, -0.15) is 0 Å². The number of Topliss-reactive ketones (excluding diaryl/α,β-unsaturated/α-hetero) is 1. The van der Waals surface area contributed by atoms with Crippen LogP contribution in [0.1, 0.15) is 27.2 Å². The van der Waals surface area contributed by atoms with Crippen LogP contribution in [0, 0.1) is 6.92 Å². The highest BCUT2D eigenvalue weighted by Crippen LogP contribution is 2.41. The Bertz CT molecular complexity index is 1230. The molecule has 0 saturated heterocycles. The average molecular weight is 391 g/mol. The van der Waals surface area contributed by atoms with Crippen LogP contribution in [-0.4, -0.2) is 32.5 Å². The van der Waals surface area contributed by atoms with Crippen molar-refractivity contribution in [3.63, 3.8) is 0 Å². The summed E-state index contributed by atoms with van der Waals surface area (Å²) in [6.45, 7) is 1.98. The van der Waals surface area contributed by atoms with Crippen molar-refractivity contribution in [1.29, 1.82) is 0 Å². The van der Waals surface area contributed by atoms with Gasteiger partial charge in [-0.05, 0) is 48.9 Å². The van der Waals surface area contributed by atoms with Crippen molar-refractivity contribution in [2.75, 3.05) is 21.0 Å². The highest BCUT2D eigenvalue weighted by Gasteiger charge is 2.31. The summed E-state index contributed by atoms with van der Waals surface area (Å²) in [5, 5.41) is 4.92. The zero-order valence-corrected chi connectivity index (χ0v) is 16.1. The van der Waals surface area contributed by atoms with Gasteiger partial charge in [0.15, 0.2) is 28.6 Å². The fraction of sp³-hybridized carbons (Fsp3) is 0.182. The van der Waals surface area contributed by atoms with E-state index in [2.05, 4.69) is 5.16 Å². The van der Waals surface area contributed by atoms with Gasteiger partial charge >= 0.3 is 0 Å². The second-order valence-corrected chi connectivity index (χ2v) is 6.71. The summed E-state index contributed by atoms with van der Waals surface area (Å²) in [4.78, 5) is 18.5. The van der Waals surface area contributed by atoms with Gasteiger partial charge in [0.05, 0.1) is 7.11 Å². The van der Waals surface area contributed by atoms with Crippen LogP contribution in [0.4, 0.5) is 0 Å². The first-order chi connectivity index (χ1) is 14.1. The third-order valence-corrected chi connectivity index (χ3v) is 5.03. The topological polar surface area (TPSA) is 79.5 Å². The first-order valence-corrected chi connectivity index (χ1v) is 8.99. The highest BCUT2D eigenvalue weighted by molar-refractivity contribution is 6.40. The van der Waals surface area contributed by atoms with E-state index in [0.717, 1.165) is 16.7 Å². The predicted octanol–water partition coefficient (Wildman–Crippen LogP) is 4.11. The fourth-order valence-electron chi connectivity index (χ4n) is 3.76. The van der Waals surface area contributed by atoms with Crippen LogP contribution in [0.2, 0.25) is 0 Å². The number of aryl methyl sites for hydroxylation is 1. The second-order valence-electron chi connectivity index (χ2n) is 6.71. The largest absolute Gasteiger partial charge is 0.493 e. The summed E-state index contributed by atoms with van der Waals surface area (Å²) in [7, 11) is 3.05. The molecule has 0 bridgehead atoms. The minimum atomic E-state index is -0.140. The molecule has 2 aliphatic rings. The molecular weight excluding hydrogens is 374 g/mol. The lowest BCUT2D eigenvalue weighted by atomic mass is 9.84. The van der Waals surface area contributed by atoms with Gasteiger partial charge in [0.1, 0.15) is 18.6 Å². The molecule has 7 heteroatoms. The number of nitrogens with zero attached hydrogens (tertiary/aromatic N) is 1. The van der Waals surface area contributed by atoms with E-state index in [1.165, 1.54) is 7.11 Å². The van der Waals surface area contributed by atoms with Gasteiger partial charge < -0.3 is 23.5 Å². The van der Waals surface area contributed by atoms with Gasteiger partial charge in [-0.1, -0.05) is 5.16 Å². The maximum atomic E-state index is 13.4. The number of methoxy groups -OCH3 is 1. The minimum Gasteiger partial charge on any atom is -0.493 e. The van der Waals surface area contributed by atoms with Crippen molar-refractivity contribution in [3.8, 4) is 17.2 Å². The van der Waals surface area contributed by atoms with Crippen molar-refractivity contribution in [1.82, 2.24) is 0 Å². The van der Waals surface area contributed by atoms with E-state index in [0.29, 0.717) is 45.2 Å². The summed E-state index contributed by atoms with van der Waals surface area (Å²) in [6, 6.07) is 8.98. The number of rotatable bonds is 3. The Labute approximate surface area is 166 Å². The molecule has 1 aromatic heterocycles. The zero-order chi connectivity index (χ0) is 20.1. The first-order valence-electron chi connectivity index (χ1n) is 8.99. The molecule has 5 rings (SSSR count). The van der Waals surface area contributed by atoms with Crippen molar-refractivity contribution < 1.29 is 28.3 Å². The molecule has 1 aliphatic heterocycles. The SMILES string of the molecule is CO/N=C1\C=C(c2ccc(OC)c3oc(C)cc23)C(=O)c2cc3c(cc21)OCO3. The van der Waals surface area contributed by atoms with E-state index in [1.807, 2.05) is 19.1 Å². The van der Waals surface area contributed by atoms with Gasteiger partial charge in [-0.3, -0.25) is 4.79 Å². The molecule has 29 heavy (non-hydrogen) atoms.